The number of aromatic nitrogens is 1. The van der Waals surface area contributed by atoms with Gasteiger partial charge in [0.15, 0.2) is 5.78 Å². The minimum Gasteiger partial charge on any atom is -0.507 e. The quantitative estimate of drug-likeness (QED) is 0.484. The number of hydrogen-bond donors (Lipinski definition) is 2. The SMILES string of the molecule is CC(C)(C)OC(=O)c1cc(C(=O)c2ccccc2O)cnc1Nc1ccccc1. The maximum atomic E-state index is 12.8. The molecule has 6 heteroatoms. The van der Waals surface area contributed by atoms with E-state index in [0.717, 1.165) is 5.69 Å². The number of ether oxygens (including phenoxy) is 1. The van der Waals surface area contributed by atoms with E-state index in [0.29, 0.717) is 0 Å². The molecule has 148 valence electrons. The van der Waals surface area contributed by atoms with Crippen molar-refractivity contribution in [2.24, 2.45) is 0 Å². The molecule has 0 bridgehead atoms. The summed E-state index contributed by atoms with van der Waals surface area (Å²) in [5, 5.41) is 13.1. The van der Waals surface area contributed by atoms with Gasteiger partial charge in [-0.25, -0.2) is 9.78 Å². The van der Waals surface area contributed by atoms with Crippen LogP contribution in [0.2, 0.25) is 0 Å². The number of phenols is 1. The molecule has 6 nitrogen and oxygen atoms in total. The molecular formula is C23H22N2O4. The Morgan fingerprint density at radius 2 is 1.62 bits per heavy atom. The summed E-state index contributed by atoms with van der Waals surface area (Å²) in [7, 11) is 0. The Morgan fingerprint density at radius 3 is 2.28 bits per heavy atom. The van der Waals surface area contributed by atoms with E-state index in [1.807, 2.05) is 30.3 Å². The van der Waals surface area contributed by atoms with E-state index in [4.69, 9.17) is 4.74 Å². The fourth-order valence-electron chi connectivity index (χ4n) is 2.66. The Kier molecular flexibility index (Phi) is 5.64. The van der Waals surface area contributed by atoms with Crippen LogP contribution in [0, 0.1) is 0 Å². The zero-order valence-corrected chi connectivity index (χ0v) is 16.5. The first-order valence-electron chi connectivity index (χ1n) is 9.13. The van der Waals surface area contributed by atoms with Crippen LogP contribution in [0.1, 0.15) is 47.1 Å². The summed E-state index contributed by atoms with van der Waals surface area (Å²) in [6, 6.07) is 16.9. The molecule has 1 aromatic heterocycles. The van der Waals surface area contributed by atoms with Crippen molar-refractivity contribution in [2.75, 3.05) is 5.32 Å². The monoisotopic (exact) mass is 390 g/mol. The predicted octanol–water partition coefficient (Wildman–Crippen LogP) is 4.72. The summed E-state index contributed by atoms with van der Waals surface area (Å²) >= 11 is 0. The molecule has 3 aromatic rings. The smallest absolute Gasteiger partial charge is 0.342 e. The molecule has 2 N–H and O–H groups in total. The van der Waals surface area contributed by atoms with Crippen LogP contribution < -0.4 is 5.32 Å². The molecule has 0 saturated heterocycles. The van der Waals surface area contributed by atoms with Crippen LogP contribution in [-0.2, 0) is 4.74 Å². The van der Waals surface area contributed by atoms with Crippen LogP contribution in [0.4, 0.5) is 11.5 Å². The van der Waals surface area contributed by atoms with Gasteiger partial charge < -0.3 is 15.2 Å². The molecule has 0 radical (unpaired) electrons. The van der Waals surface area contributed by atoms with E-state index in [1.165, 1.54) is 24.4 Å². The van der Waals surface area contributed by atoms with Crippen LogP contribution in [0.5, 0.6) is 5.75 Å². The van der Waals surface area contributed by atoms with E-state index in [2.05, 4.69) is 10.3 Å². The van der Waals surface area contributed by atoms with Crippen LogP contribution in [-0.4, -0.2) is 27.4 Å². The lowest BCUT2D eigenvalue weighted by Gasteiger charge is -2.21. The third-order valence-corrected chi connectivity index (χ3v) is 3.95. The van der Waals surface area contributed by atoms with Crippen molar-refractivity contribution in [1.29, 1.82) is 0 Å². The number of hydrogen-bond acceptors (Lipinski definition) is 6. The van der Waals surface area contributed by atoms with E-state index in [9.17, 15) is 14.7 Å². The first-order valence-corrected chi connectivity index (χ1v) is 9.13. The maximum absolute atomic E-state index is 12.8. The number of anilines is 2. The molecule has 29 heavy (non-hydrogen) atoms. The minimum atomic E-state index is -0.710. The average Bonchev–Trinajstić information content (AvgIpc) is 2.67. The van der Waals surface area contributed by atoms with E-state index in [-0.39, 0.29) is 28.3 Å². The molecule has 0 aliphatic carbocycles. The minimum absolute atomic E-state index is 0.130. The van der Waals surface area contributed by atoms with Crippen molar-refractivity contribution in [3.05, 3.63) is 83.6 Å². The molecule has 2 aromatic carbocycles. The standard InChI is InChI=1S/C23H22N2O4/c1-23(2,3)29-22(28)18-13-15(20(27)17-11-7-8-12-19(17)26)14-24-21(18)25-16-9-5-4-6-10-16/h4-14,26H,1-3H3,(H,24,25). The number of aromatic hydroxyl groups is 1. The third-order valence-electron chi connectivity index (χ3n) is 3.95. The first-order chi connectivity index (χ1) is 13.7. The number of benzene rings is 2. The Morgan fingerprint density at radius 1 is 0.966 bits per heavy atom. The summed E-state index contributed by atoms with van der Waals surface area (Å²) in [5.74, 6) is -0.899. The fourth-order valence-corrected chi connectivity index (χ4v) is 2.66. The Hall–Kier alpha value is -3.67. The van der Waals surface area contributed by atoms with E-state index >= 15 is 0 Å². The summed E-state index contributed by atoms with van der Waals surface area (Å²) < 4.78 is 5.49. The van der Waals surface area contributed by atoms with Crippen molar-refractivity contribution in [2.45, 2.75) is 26.4 Å². The second-order valence-corrected chi connectivity index (χ2v) is 7.46. The number of carbonyl (C=O) groups is 2. The maximum Gasteiger partial charge on any atom is 0.342 e. The van der Waals surface area contributed by atoms with Crippen LogP contribution in [0.25, 0.3) is 0 Å². The van der Waals surface area contributed by atoms with Gasteiger partial charge in [-0.15, -0.1) is 0 Å². The normalized spacial score (nSPS) is 11.0. The Labute approximate surface area is 169 Å². The summed E-state index contributed by atoms with van der Waals surface area (Å²) in [6.07, 6.45) is 1.37. The lowest BCUT2D eigenvalue weighted by molar-refractivity contribution is 0.00703. The Bertz CT molecular complexity index is 1040. The van der Waals surface area contributed by atoms with Gasteiger partial charge in [-0.3, -0.25) is 4.79 Å². The lowest BCUT2D eigenvalue weighted by atomic mass is 10.0. The number of phenolic OH excluding ortho intramolecular Hbond substituents is 1. The fraction of sp³-hybridized carbons (Fsp3) is 0.174. The number of esters is 1. The molecule has 0 fully saturated rings. The molecule has 0 aliphatic rings. The van der Waals surface area contributed by atoms with Gasteiger partial charge in [-0.1, -0.05) is 30.3 Å². The van der Waals surface area contributed by atoms with Gasteiger partial charge in [0.1, 0.15) is 22.7 Å². The zero-order chi connectivity index (χ0) is 21.0. The highest BCUT2D eigenvalue weighted by Crippen LogP contribution is 2.25. The second-order valence-electron chi connectivity index (χ2n) is 7.46. The number of ketones is 1. The molecule has 0 spiro atoms. The summed E-state index contributed by atoms with van der Waals surface area (Å²) in [5.41, 5.74) is 0.465. The average molecular weight is 390 g/mol. The number of rotatable bonds is 5. The highest BCUT2D eigenvalue weighted by Gasteiger charge is 2.24. The largest absolute Gasteiger partial charge is 0.507 e. The van der Waals surface area contributed by atoms with Gasteiger partial charge in [-0.05, 0) is 51.1 Å². The number of para-hydroxylation sites is 2. The molecule has 1 heterocycles. The van der Waals surface area contributed by atoms with Gasteiger partial charge in [0.2, 0.25) is 0 Å². The van der Waals surface area contributed by atoms with Gasteiger partial charge in [-0.2, -0.15) is 0 Å². The van der Waals surface area contributed by atoms with Gasteiger partial charge in [0.25, 0.3) is 0 Å². The van der Waals surface area contributed by atoms with Crippen LogP contribution in [0.3, 0.4) is 0 Å². The number of pyridine rings is 1. The predicted molar refractivity (Wildman–Crippen MR) is 111 cm³/mol. The van der Waals surface area contributed by atoms with Gasteiger partial charge in [0, 0.05) is 17.4 Å². The Balaban J connectivity index is 2.02. The van der Waals surface area contributed by atoms with Crippen LogP contribution in [0.15, 0.2) is 66.9 Å². The molecule has 0 unspecified atom stereocenters. The zero-order valence-electron chi connectivity index (χ0n) is 16.5. The summed E-state index contributed by atoms with van der Waals surface area (Å²) in [6.45, 7) is 5.29. The van der Waals surface area contributed by atoms with Crippen molar-refractivity contribution in [3.63, 3.8) is 0 Å². The highest BCUT2D eigenvalue weighted by atomic mass is 16.6. The number of carbonyl (C=O) groups excluding carboxylic acids is 2. The van der Waals surface area contributed by atoms with Crippen LogP contribution >= 0.6 is 0 Å². The topological polar surface area (TPSA) is 88.5 Å². The number of nitrogens with zero attached hydrogens (tertiary/aromatic N) is 1. The van der Waals surface area contributed by atoms with Crippen molar-refractivity contribution in [3.8, 4) is 5.75 Å². The summed E-state index contributed by atoms with van der Waals surface area (Å²) in [4.78, 5) is 29.9. The van der Waals surface area contributed by atoms with E-state index < -0.39 is 17.4 Å². The molecule has 0 aliphatic heterocycles. The second kappa shape index (κ2) is 8.14. The van der Waals surface area contributed by atoms with Crippen molar-refractivity contribution < 1.29 is 19.4 Å². The molecule has 0 saturated carbocycles. The third kappa shape index (κ3) is 4.99. The van der Waals surface area contributed by atoms with E-state index in [1.54, 1.807) is 32.9 Å². The molecule has 0 amide bonds. The van der Waals surface area contributed by atoms with Crippen molar-refractivity contribution in [1.82, 2.24) is 4.98 Å². The lowest BCUT2D eigenvalue weighted by Crippen LogP contribution is -2.25. The van der Waals surface area contributed by atoms with Gasteiger partial charge >= 0.3 is 5.97 Å². The van der Waals surface area contributed by atoms with Crippen molar-refractivity contribution >= 4 is 23.3 Å². The van der Waals surface area contributed by atoms with Gasteiger partial charge in [0.05, 0.1) is 5.56 Å². The highest BCUT2D eigenvalue weighted by molar-refractivity contribution is 6.11. The number of nitrogens with one attached hydrogen (secondary N) is 1. The first kappa shape index (κ1) is 20.1. The molecular weight excluding hydrogens is 368 g/mol. The molecule has 0 atom stereocenters. The molecule has 3 rings (SSSR count).